The van der Waals surface area contributed by atoms with E-state index in [4.69, 9.17) is 9.26 Å². The number of amides is 1. The van der Waals surface area contributed by atoms with Crippen molar-refractivity contribution in [2.75, 3.05) is 13.2 Å². The van der Waals surface area contributed by atoms with Gasteiger partial charge in [-0.25, -0.2) is 0 Å². The van der Waals surface area contributed by atoms with Gasteiger partial charge >= 0.3 is 0 Å². The number of carbonyl (C=O) groups excluding carboxylic acids is 1. The highest BCUT2D eigenvalue weighted by Crippen LogP contribution is 2.34. The Morgan fingerprint density at radius 1 is 1.33 bits per heavy atom. The molecule has 1 amide bonds. The Kier molecular flexibility index (Phi) is 4.66. The second-order valence-corrected chi connectivity index (χ2v) is 8.24. The summed E-state index contributed by atoms with van der Waals surface area (Å²) in [6.07, 6.45) is 7.23. The largest absolute Gasteiger partial charge is 0.365 e. The summed E-state index contributed by atoms with van der Waals surface area (Å²) in [4.78, 5) is 27.3. The van der Waals surface area contributed by atoms with Crippen molar-refractivity contribution >= 4 is 5.91 Å². The van der Waals surface area contributed by atoms with Crippen LogP contribution in [0.4, 0.5) is 0 Å². The number of hydrogen-bond acceptors (Lipinski definition) is 6. The number of pyridine rings is 1. The number of hydrogen-bond donors (Lipinski definition) is 1. The Morgan fingerprint density at radius 3 is 3.00 bits per heavy atom. The van der Waals surface area contributed by atoms with Gasteiger partial charge in [-0.2, -0.15) is 4.98 Å². The van der Waals surface area contributed by atoms with Crippen LogP contribution in [0.3, 0.4) is 0 Å². The third-order valence-corrected chi connectivity index (χ3v) is 6.14. The lowest BCUT2D eigenvalue weighted by atomic mass is 9.91. The van der Waals surface area contributed by atoms with E-state index in [1.165, 1.54) is 0 Å². The summed E-state index contributed by atoms with van der Waals surface area (Å²) < 4.78 is 11.3. The van der Waals surface area contributed by atoms with Crippen LogP contribution in [0, 0.1) is 6.92 Å². The second-order valence-electron chi connectivity index (χ2n) is 8.24. The van der Waals surface area contributed by atoms with Crippen LogP contribution < -0.4 is 0 Å². The fourth-order valence-corrected chi connectivity index (χ4v) is 4.45. The number of aromatic nitrogens is 4. The molecule has 8 nitrogen and oxygen atoms in total. The zero-order valence-electron chi connectivity index (χ0n) is 17.3. The lowest BCUT2D eigenvalue weighted by Gasteiger charge is -2.39. The maximum absolute atomic E-state index is 13.2. The van der Waals surface area contributed by atoms with Gasteiger partial charge in [-0.1, -0.05) is 5.16 Å². The predicted octanol–water partition coefficient (Wildman–Crippen LogP) is 3.28. The number of rotatable bonds is 3. The number of carbonyl (C=O) groups is 1. The first-order valence-electron chi connectivity index (χ1n) is 10.4. The van der Waals surface area contributed by atoms with Crippen molar-refractivity contribution in [1.29, 1.82) is 0 Å². The molecule has 1 saturated heterocycles. The summed E-state index contributed by atoms with van der Waals surface area (Å²) in [5.74, 6) is 1.05. The van der Waals surface area contributed by atoms with Crippen LogP contribution in [-0.2, 0) is 22.5 Å². The van der Waals surface area contributed by atoms with Crippen molar-refractivity contribution in [2.24, 2.45) is 0 Å². The molecule has 8 heteroatoms. The van der Waals surface area contributed by atoms with Crippen LogP contribution >= 0.6 is 0 Å². The van der Waals surface area contributed by atoms with E-state index < -0.39 is 5.60 Å². The molecule has 1 unspecified atom stereocenters. The van der Waals surface area contributed by atoms with E-state index in [0.717, 1.165) is 53.8 Å². The molecular weight excluding hydrogens is 382 g/mol. The number of ether oxygens (including phenoxy) is 1. The molecule has 0 aromatic carbocycles. The molecule has 2 aliphatic rings. The summed E-state index contributed by atoms with van der Waals surface area (Å²) >= 11 is 0. The molecule has 5 rings (SSSR count). The second kappa shape index (κ2) is 7.36. The van der Waals surface area contributed by atoms with E-state index in [1.54, 1.807) is 0 Å². The predicted molar refractivity (Wildman–Crippen MR) is 109 cm³/mol. The van der Waals surface area contributed by atoms with Gasteiger partial charge in [0.2, 0.25) is 5.82 Å². The minimum absolute atomic E-state index is 0.0727. The van der Waals surface area contributed by atoms with E-state index in [0.29, 0.717) is 31.4 Å². The van der Waals surface area contributed by atoms with Gasteiger partial charge < -0.3 is 19.1 Å². The van der Waals surface area contributed by atoms with Crippen molar-refractivity contribution in [1.82, 2.24) is 25.0 Å². The molecule has 30 heavy (non-hydrogen) atoms. The molecule has 3 aromatic heterocycles. The van der Waals surface area contributed by atoms with Crippen molar-refractivity contribution in [3.05, 3.63) is 41.3 Å². The highest BCUT2D eigenvalue weighted by Gasteiger charge is 2.40. The van der Waals surface area contributed by atoms with Gasteiger partial charge in [0, 0.05) is 43.3 Å². The smallest absolute Gasteiger partial charge is 0.274 e. The quantitative estimate of drug-likeness (QED) is 0.716. The number of H-pyrrole nitrogens is 1. The molecule has 0 bridgehead atoms. The maximum Gasteiger partial charge on any atom is 0.274 e. The minimum atomic E-state index is -0.713. The van der Waals surface area contributed by atoms with E-state index in [-0.39, 0.29) is 5.91 Å². The molecule has 0 radical (unpaired) electrons. The van der Waals surface area contributed by atoms with Gasteiger partial charge in [0.1, 0.15) is 11.3 Å². The Morgan fingerprint density at radius 2 is 2.23 bits per heavy atom. The van der Waals surface area contributed by atoms with Crippen molar-refractivity contribution < 1.29 is 14.1 Å². The highest BCUT2D eigenvalue weighted by molar-refractivity contribution is 5.85. The SMILES string of the molecule is Cc1ncc2c(c1-c1noc(-c3ccc[nH]3)n1)CCN(C(=O)C1(C)CCCCO1)C2. The molecule has 1 fully saturated rings. The molecule has 1 atom stereocenters. The van der Waals surface area contributed by atoms with Gasteiger partial charge in [0.25, 0.3) is 11.8 Å². The summed E-state index contributed by atoms with van der Waals surface area (Å²) in [5.41, 5.74) is 3.99. The van der Waals surface area contributed by atoms with Crippen LogP contribution in [0.15, 0.2) is 29.0 Å². The highest BCUT2D eigenvalue weighted by atomic mass is 16.5. The van der Waals surface area contributed by atoms with Crippen molar-refractivity contribution in [3.8, 4) is 23.0 Å². The molecule has 156 valence electrons. The molecule has 1 N–H and O–H groups in total. The first-order valence-corrected chi connectivity index (χ1v) is 10.4. The van der Waals surface area contributed by atoms with Gasteiger partial charge in [0.15, 0.2) is 0 Å². The third kappa shape index (κ3) is 3.21. The van der Waals surface area contributed by atoms with E-state index >= 15 is 0 Å². The molecule has 0 spiro atoms. The molecule has 0 aliphatic carbocycles. The van der Waals surface area contributed by atoms with Gasteiger partial charge in [-0.05, 0) is 62.8 Å². The summed E-state index contributed by atoms with van der Waals surface area (Å²) in [7, 11) is 0. The Balaban J connectivity index is 1.44. The normalized spacial score (nSPS) is 21.5. The lowest BCUT2D eigenvalue weighted by Crippen LogP contribution is -2.51. The molecule has 5 heterocycles. The standard InChI is InChI=1S/C22H25N5O3/c1-14-18(19-25-20(30-26-19)17-6-5-9-23-17)16-7-10-27(13-15(16)12-24-14)21(28)22(2)8-3-4-11-29-22/h5-6,9,12,23H,3-4,7-8,10-11,13H2,1-2H3. The number of aryl methyl sites for hydroxylation is 1. The molecule has 2 aliphatic heterocycles. The van der Waals surface area contributed by atoms with Crippen LogP contribution in [0.2, 0.25) is 0 Å². The maximum atomic E-state index is 13.2. The molecular formula is C22H25N5O3. The first kappa shape index (κ1) is 19.0. The Hall–Kier alpha value is -3.00. The number of nitrogens with zero attached hydrogens (tertiary/aromatic N) is 4. The van der Waals surface area contributed by atoms with Gasteiger partial charge in [-0.3, -0.25) is 9.78 Å². The summed E-state index contributed by atoms with van der Waals surface area (Å²) in [6, 6.07) is 3.78. The number of nitrogens with one attached hydrogen (secondary N) is 1. The van der Waals surface area contributed by atoms with Crippen LogP contribution in [0.5, 0.6) is 0 Å². The van der Waals surface area contributed by atoms with Crippen LogP contribution in [0.1, 0.15) is 43.0 Å². The van der Waals surface area contributed by atoms with Crippen LogP contribution in [0.25, 0.3) is 23.0 Å². The first-order chi connectivity index (χ1) is 14.5. The van der Waals surface area contributed by atoms with E-state index in [1.807, 2.05) is 43.3 Å². The fraction of sp³-hybridized carbons (Fsp3) is 0.455. The lowest BCUT2D eigenvalue weighted by molar-refractivity contribution is -0.162. The average Bonchev–Trinajstić information content (AvgIpc) is 3.45. The number of aromatic amines is 1. The van der Waals surface area contributed by atoms with Crippen molar-refractivity contribution in [2.45, 2.75) is 51.7 Å². The topological polar surface area (TPSA) is 97.1 Å². The van der Waals surface area contributed by atoms with Crippen molar-refractivity contribution in [3.63, 3.8) is 0 Å². The van der Waals surface area contributed by atoms with E-state index in [2.05, 4.69) is 20.1 Å². The monoisotopic (exact) mass is 407 g/mol. The van der Waals surface area contributed by atoms with Crippen LogP contribution in [-0.4, -0.2) is 49.7 Å². The van der Waals surface area contributed by atoms with Gasteiger partial charge in [0.05, 0.1) is 0 Å². The summed E-state index contributed by atoms with van der Waals surface area (Å²) in [5, 5.41) is 4.20. The Labute approximate surface area is 174 Å². The Bertz CT molecular complexity index is 1070. The number of fused-ring (bicyclic) bond motifs is 1. The fourth-order valence-electron chi connectivity index (χ4n) is 4.45. The summed E-state index contributed by atoms with van der Waals surface area (Å²) in [6.45, 7) is 5.69. The zero-order chi connectivity index (χ0) is 20.7. The molecule has 3 aromatic rings. The minimum Gasteiger partial charge on any atom is -0.365 e. The zero-order valence-corrected chi connectivity index (χ0v) is 17.3. The average molecular weight is 407 g/mol. The van der Waals surface area contributed by atoms with E-state index in [9.17, 15) is 4.79 Å². The van der Waals surface area contributed by atoms with Gasteiger partial charge in [-0.15, -0.1) is 0 Å². The molecule has 0 saturated carbocycles. The third-order valence-electron chi connectivity index (χ3n) is 6.14.